The molecule has 1 aliphatic carbocycles. The number of rotatable bonds is 4. The molecule has 0 aromatic carbocycles. The molecule has 3 atom stereocenters. The molecule has 1 N–H and O–H groups in total. The fraction of sp³-hybridized carbons (Fsp3) is 1.00. The summed E-state index contributed by atoms with van der Waals surface area (Å²) < 4.78 is 11.2. The molecule has 17 heavy (non-hydrogen) atoms. The zero-order chi connectivity index (χ0) is 12.3. The van der Waals surface area contributed by atoms with Crippen molar-refractivity contribution in [1.82, 2.24) is 0 Å². The molecule has 1 saturated carbocycles. The van der Waals surface area contributed by atoms with Gasteiger partial charge in [0, 0.05) is 13.7 Å². The van der Waals surface area contributed by atoms with Crippen LogP contribution in [0, 0.1) is 5.92 Å². The van der Waals surface area contributed by atoms with E-state index < -0.39 is 0 Å². The summed E-state index contributed by atoms with van der Waals surface area (Å²) in [5.41, 5.74) is 0.111. The van der Waals surface area contributed by atoms with Crippen LogP contribution >= 0.6 is 0 Å². The molecule has 1 spiro atoms. The molecule has 1 heterocycles. The number of ether oxygens (including phenoxy) is 2. The minimum absolute atomic E-state index is 0.111. The molecule has 0 bridgehead atoms. The van der Waals surface area contributed by atoms with Gasteiger partial charge in [-0.05, 0) is 44.9 Å². The van der Waals surface area contributed by atoms with Gasteiger partial charge in [0.2, 0.25) is 0 Å². The van der Waals surface area contributed by atoms with Gasteiger partial charge >= 0.3 is 0 Å². The van der Waals surface area contributed by atoms with Gasteiger partial charge in [0.25, 0.3) is 0 Å². The quantitative estimate of drug-likeness (QED) is 0.823. The molecule has 0 aromatic rings. The van der Waals surface area contributed by atoms with E-state index in [4.69, 9.17) is 9.47 Å². The Morgan fingerprint density at radius 3 is 2.76 bits per heavy atom. The summed E-state index contributed by atoms with van der Waals surface area (Å²) in [4.78, 5) is 0. The molecule has 1 saturated heterocycles. The highest BCUT2D eigenvalue weighted by atomic mass is 16.5. The molecule has 3 unspecified atom stereocenters. The van der Waals surface area contributed by atoms with E-state index in [9.17, 15) is 5.11 Å². The summed E-state index contributed by atoms with van der Waals surface area (Å²) in [5.74, 6) is 0.402. The lowest BCUT2D eigenvalue weighted by molar-refractivity contribution is -0.117. The minimum atomic E-state index is -0.230. The third-order valence-corrected chi connectivity index (χ3v) is 4.57. The summed E-state index contributed by atoms with van der Waals surface area (Å²) in [7, 11) is 1.71. The Bertz CT molecular complexity index is 236. The van der Waals surface area contributed by atoms with Crippen LogP contribution in [0.4, 0.5) is 0 Å². The lowest BCUT2D eigenvalue weighted by atomic mass is 9.80. The number of methoxy groups -OCH3 is 1. The van der Waals surface area contributed by atoms with Gasteiger partial charge in [-0.25, -0.2) is 0 Å². The number of aliphatic hydroxyl groups excluding tert-OH is 1. The average Bonchev–Trinajstić information content (AvgIpc) is 2.77. The Balaban J connectivity index is 1.88. The summed E-state index contributed by atoms with van der Waals surface area (Å²) in [5, 5.41) is 10.3. The van der Waals surface area contributed by atoms with E-state index >= 15 is 0 Å². The summed E-state index contributed by atoms with van der Waals surface area (Å²) in [6.07, 6.45) is 7.67. The van der Waals surface area contributed by atoms with Gasteiger partial charge in [0.1, 0.15) is 0 Å². The van der Waals surface area contributed by atoms with Gasteiger partial charge in [0.15, 0.2) is 0 Å². The highest BCUT2D eigenvalue weighted by Crippen LogP contribution is 2.43. The van der Waals surface area contributed by atoms with Crippen LogP contribution in [0.15, 0.2) is 0 Å². The van der Waals surface area contributed by atoms with Gasteiger partial charge in [-0.2, -0.15) is 0 Å². The van der Waals surface area contributed by atoms with Crippen molar-refractivity contribution >= 4 is 0 Å². The highest BCUT2D eigenvalue weighted by Gasteiger charge is 2.41. The second-order valence-corrected chi connectivity index (χ2v) is 5.84. The van der Waals surface area contributed by atoms with Crippen molar-refractivity contribution in [2.24, 2.45) is 5.92 Å². The van der Waals surface area contributed by atoms with E-state index in [-0.39, 0.29) is 17.8 Å². The largest absolute Gasteiger partial charge is 0.393 e. The zero-order valence-corrected chi connectivity index (χ0v) is 11.2. The van der Waals surface area contributed by atoms with E-state index in [0.717, 1.165) is 25.9 Å². The van der Waals surface area contributed by atoms with Crippen LogP contribution in [0.3, 0.4) is 0 Å². The Hall–Kier alpha value is -0.120. The molecule has 2 fully saturated rings. The normalized spacial score (nSPS) is 31.6. The van der Waals surface area contributed by atoms with Gasteiger partial charge in [-0.1, -0.05) is 12.8 Å². The van der Waals surface area contributed by atoms with Gasteiger partial charge in [-0.3, -0.25) is 0 Å². The lowest BCUT2D eigenvalue weighted by Gasteiger charge is -2.40. The smallest absolute Gasteiger partial charge is 0.0686 e. The molecule has 0 aromatic heterocycles. The van der Waals surface area contributed by atoms with Crippen LogP contribution in [-0.4, -0.2) is 36.6 Å². The molecule has 0 radical (unpaired) electrons. The molecular weight excluding hydrogens is 216 g/mol. The minimum Gasteiger partial charge on any atom is -0.393 e. The van der Waals surface area contributed by atoms with Crippen LogP contribution in [0.2, 0.25) is 0 Å². The van der Waals surface area contributed by atoms with E-state index in [1.54, 1.807) is 7.11 Å². The van der Waals surface area contributed by atoms with E-state index in [1.807, 2.05) is 6.92 Å². The van der Waals surface area contributed by atoms with Crippen LogP contribution in [-0.2, 0) is 9.47 Å². The van der Waals surface area contributed by atoms with Crippen molar-refractivity contribution in [3.8, 4) is 0 Å². The van der Waals surface area contributed by atoms with Gasteiger partial charge < -0.3 is 14.6 Å². The van der Waals surface area contributed by atoms with Crippen LogP contribution in [0.5, 0.6) is 0 Å². The molecule has 3 nitrogen and oxygen atoms in total. The summed E-state index contributed by atoms with van der Waals surface area (Å²) in [6.45, 7) is 2.84. The molecule has 1 aliphatic heterocycles. The van der Waals surface area contributed by atoms with E-state index in [1.165, 1.54) is 25.7 Å². The van der Waals surface area contributed by atoms with Crippen molar-refractivity contribution in [2.45, 2.75) is 69.7 Å². The first kappa shape index (κ1) is 13.3. The van der Waals surface area contributed by atoms with Gasteiger partial charge in [0.05, 0.1) is 17.8 Å². The summed E-state index contributed by atoms with van der Waals surface area (Å²) in [6, 6.07) is 0. The first-order chi connectivity index (χ1) is 8.15. The zero-order valence-electron chi connectivity index (χ0n) is 11.2. The maximum Gasteiger partial charge on any atom is 0.0686 e. The molecule has 0 amide bonds. The SMILES string of the molecule is COC(C)CC(O)C1CCOC2(CCCC2)C1. The van der Waals surface area contributed by atoms with Crippen LogP contribution < -0.4 is 0 Å². The standard InChI is InChI=1S/C14H26O3/c1-11(16-2)9-13(15)12-5-8-17-14(10-12)6-3-4-7-14/h11-13,15H,3-10H2,1-2H3. The maximum absolute atomic E-state index is 10.3. The van der Waals surface area contributed by atoms with Crippen molar-refractivity contribution in [2.75, 3.05) is 13.7 Å². The van der Waals surface area contributed by atoms with Crippen LogP contribution in [0.1, 0.15) is 51.9 Å². The average molecular weight is 242 g/mol. The predicted molar refractivity (Wildman–Crippen MR) is 67.0 cm³/mol. The molecule has 2 aliphatic rings. The third kappa shape index (κ3) is 3.21. The van der Waals surface area contributed by atoms with Crippen molar-refractivity contribution in [1.29, 1.82) is 0 Å². The van der Waals surface area contributed by atoms with E-state index in [2.05, 4.69) is 0 Å². The lowest BCUT2D eigenvalue weighted by Crippen LogP contribution is -2.41. The second-order valence-electron chi connectivity index (χ2n) is 5.84. The Kier molecular flexibility index (Phi) is 4.45. The molecule has 3 heteroatoms. The topological polar surface area (TPSA) is 38.7 Å². The molecule has 2 rings (SSSR count). The monoisotopic (exact) mass is 242 g/mol. The number of aliphatic hydroxyl groups is 1. The van der Waals surface area contributed by atoms with Gasteiger partial charge in [-0.15, -0.1) is 0 Å². The van der Waals surface area contributed by atoms with Crippen molar-refractivity contribution < 1.29 is 14.6 Å². The Morgan fingerprint density at radius 1 is 1.41 bits per heavy atom. The van der Waals surface area contributed by atoms with Crippen molar-refractivity contribution in [3.63, 3.8) is 0 Å². The third-order valence-electron chi connectivity index (χ3n) is 4.57. The fourth-order valence-corrected chi connectivity index (χ4v) is 3.39. The molecule has 100 valence electrons. The summed E-state index contributed by atoms with van der Waals surface area (Å²) >= 11 is 0. The first-order valence-electron chi connectivity index (χ1n) is 7.00. The molecular formula is C14H26O3. The maximum atomic E-state index is 10.3. The second kappa shape index (κ2) is 5.68. The van der Waals surface area contributed by atoms with Crippen LogP contribution in [0.25, 0.3) is 0 Å². The number of hydrogen-bond acceptors (Lipinski definition) is 3. The first-order valence-corrected chi connectivity index (χ1v) is 7.00. The number of hydrogen-bond donors (Lipinski definition) is 1. The predicted octanol–water partition coefficient (Wildman–Crippen LogP) is 2.51. The van der Waals surface area contributed by atoms with E-state index in [0.29, 0.717) is 5.92 Å². The fourth-order valence-electron chi connectivity index (χ4n) is 3.39. The highest BCUT2D eigenvalue weighted by molar-refractivity contribution is 4.93. The Morgan fingerprint density at radius 2 is 2.12 bits per heavy atom. The van der Waals surface area contributed by atoms with Crippen molar-refractivity contribution in [3.05, 3.63) is 0 Å². The Labute approximate surface area is 104 Å².